The normalized spacial score (nSPS) is 14.1. The number of rotatable bonds is 7. The summed E-state index contributed by atoms with van der Waals surface area (Å²) in [5.74, 6) is -0.904. The maximum absolute atomic E-state index is 10.5. The fourth-order valence-corrected chi connectivity index (χ4v) is 1.32. The van der Waals surface area contributed by atoms with Crippen LogP contribution < -0.4 is 0 Å². The Morgan fingerprint density at radius 2 is 2.00 bits per heavy atom. The van der Waals surface area contributed by atoms with Gasteiger partial charge in [0.15, 0.2) is 0 Å². The molecule has 0 saturated carbocycles. The smallest absolute Gasteiger partial charge is 0.349 e. The van der Waals surface area contributed by atoms with Gasteiger partial charge in [-0.1, -0.05) is 33.1 Å². The zero-order valence-corrected chi connectivity index (χ0v) is 9.42. The predicted molar refractivity (Wildman–Crippen MR) is 59.0 cm³/mol. The fraction of sp³-hybridized carbons (Fsp3) is 0.818. The van der Waals surface area contributed by atoms with Crippen LogP contribution in [-0.4, -0.2) is 22.8 Å². The van der Waals surface area contributed by atoms with E-state index in [1.165, 1.54) is 12.8 Å². The van der Waals surface area contributed by atoms with Gasteiger partial charge in [0.1, 0.15) is 5.71 Å². The van der Waals surface area contributed by atoms with E-state index in [-0.39, 0.29) is 11.8 Å². The Morgan fingerprint density at radius 3 is 2.43 bits per heavy atom. The summed E-state index contributed by atoms with van der Waals surface area (Å²) in [5.41, 5.74) is 0.230. The van der Waals surface area contributed by atoms with Crippen LogP contribution in [0.3, 0.4) is 0 Å². The van der Waals surface area contributed by atoms with Crippen LogP contribution in [0, 0.1) is 0 Å². The quantitative estimate of drug-likeness (QED) is 0.506. The summed E-state index contributed by atoms with van der Waals surface area (Å²) in [6.45, 7) is 5.77. The molecule has 1 N–H and O–H groups in total. The summed E-state index contributed by atoms with van der Waals surface area (Å²) in [6.07, 6.45) is 5.48. The number of carboxylic acid groups (broad SMARTS) is 1. The lowest BCUT2D eigenvalue weighted by Gasteiger charge is -2.09. The fourth-order valence-electron chi connectivity index (χ4n) is 1.32. The number of aliphatic imine (C=N–C) groups is 1. The number of carboxylic acids is 1. The van der Waals surface area contributed by atoms with E-state index in [9.17, 15) is 4.79 Å². The Kier molecular flexibility index (Phi) is 7.07. The third-order valence-corrected chi connectivity index (χ3v) is 2.30. The van der Waals surface area contributed by atoms with Crippen molar-refractivity contribution < 1.29 is 9.90 Å². The SMILES string of the molecule is CCCCCC(CC)N=C(C)C(=O)O. The highest BCUT2D eigenvalue weighted by atomic mass is 16.4. The number of hydrogen-bond acceptors (Lipinski definition) is 2. The van der Waals surface area contributed by atoms with Gasteiger partial charge in [0.25, 0.3) is 0 Å². The van der Waals surface area contributed by atoms with E-state index < -0.39 is 5.97 Å². The van der Waals surface area contributed by atoms with Crippen LogP contribution >= 0.6 is 0 Å². The van der Waals surface area contributed by atoms with Gasteiger partial charge in [-0.2, -0.15) is 0 Å². The minimum atomic E-state index is -0.904. The Hall–Kier alpha value is -0.860. The summed E-state index contributed by atoms with van der Waals surface area (Å²) < 4.78 is 0. The van der Waals surface area contributed by atoms with Crippen molar-refractivity contribution in [3.8, 4) is 0 Å². The molecular formula is C11H21NO2. The molecule has 0 aromatic rings. The first-order valence-electron chi connectivity index (χ1n) is 5.39. The molecule has 0 rings (SSSR count). The average molecular weight is 199 g/mol. The van der Waals surface area contributed by atoms with Gasteiger partial charge in [0.05, 0.1) is 6.04 Å². The molecular weight excluding hydrogens is 178 g/mol. The second kappa shape index (κ2) is 7.54. The van der Waals surface area contributed by atoms with Crippen LogP contribution in [0.25, 0.3) is 0 Å². The minimum absolute atomic E-state index is 0.192. The molecule has 0 aliphatic heterocycles. The van der Waals surface area contributed by atoms with E-state index in [2.05, 4.69) is 18.8 Å². The molecule has 14 heavy (non-hydrogen) atoms. The lowest BCUT2D eigenvalue weighted by molar-refractivity contribution is -0.129. The first-order chi connectivity index (χ1) is 6.61. The topological polar surface area (TPSA) is 49.7 Å². The number of carbonyl (C=O) groups is 1. The summed E-state index contributed by atoms with van der Waals surface area (Å²) in [6, 6.07) is 0.192. The van der Waals surface area contributed by atoms with Crippen molar-refractivity contribution in [2.45, 2.75) is 58.9 Å². The van der Waals surface area contributed by atoms with Gasteiger partial charge < -0.3 is 5.11 Å². The average Bonchev–Trinajstić information content (AvgIpc) is 2.16. The lowest BCUT2D eigenvalue weighted by Crippen LogP contribution is -2.13. The number of hydrogen-bond donors (Lipinski definition) is 1. The highest BCUT2D eigenvalue weighted by Gasteiger charge is 2.07. The maximum Gasteiger partial charge on any atom is 0.349 e. The second-order valence-electron chi connectivity index (χ2n) is 3.58. The van der Waals surface area contributed by atoms with Crippen molar-refractivity contribution in [2.24, 2.45) is 4.99 Å². The Labute approximate surface area is 86.2 Å². The molecule has 0 saturated heterocycles. The van der Waals surface area contributed by atoms with Crippen LogP contribution in [0.1, 0.15) is 52.9 Å². The van der Waals surface area contributed by atoms with Crippen molar-refractivity contribution in [2.75, 3.05) is 0 Å². The van der Waals surface area contributed by atoms with Crippen LogP contribution in [0.15, 0.2) is 4.99 Å². The van der Waals surface area contributed by atoms with Gasteiger partial charge >= 0.3 is 5.97 Å². The molecule has 1 unspecified atom stereocenters. The Balaban J connectivity index is 4.01. The molecule has 0 fully saturated rings. The van der Waals surface area contributed by atoms with Gasteiger partial charge in [-0.05, 0) is 19.8 Å². The molecule has 0 amide bonds. The zero-order valence-electron chi connectivity index (χ0n) is 9.42. The predicted octanol–water partition coefficient (Wildman–Crippen LogP) is 2.89. The highest BCUT2D eigenvalue weighted by molar-refractivity contribution is 6.34. The molecule has 0 bridgehead atoms. The molecule has 82 valence electrons. The van der Waals surface area contributed by atoms with E-state index in [0.717, 1.165) is 19.3 Å². The summed E-state index contributed by atoms with van der Waals surface area (Å²) in [7, 11) is 0. The molecule has 0 aromatic carbocycles. The second-order valence-corrected chi connectivity index (χ2v) is 3.58. The number of aliphatic carboxylic acids is 1. The molecule has 1 atom stereocenters. The minimum Gasteiger partial charge on any atom is -0.477 e. The molecule has 0 aromatic heterocycles. The van der Waals surface area contributed by atoms with E-state index >= 15 is 0 Å². The summed E-state index contributed by atoms with van der Waals surface area (Å²) in [4.78, 5) is 14.7. The van der Waals surface area contributed by atoms with Gasteiger partial charge in [0, 0.05) is 0 Å². The van der Waals surface area contributed by atoms with Crippen molar-refractivity contribution in [3.63, 3.8) is 0 Å². The van der Waals surface area contributed by atoms with Crippen molar-refractivity contribution in [1.29, 1.82) is 0 Å². The van der Waals surface area contributed by atoms with Crippen molar-refractivity contribution in [1.82, 2.24) is 0 Å². The zero-order chi connectivity index (χ0) is 11.0. The molecule has 0 aliphatic rings. The van der Waals surface area contributed by atoms with Gasteiger partial charge in [-0.25, -0.2) is 4.79 Å². The van der Waals surface area contributed by atoms with Crippen LogP contribution in [-0.2, 0) is 4.79 Å². The lowest BCUT2D eigenvalue weighted by atomic mass is 10.1. The van der Waals surface area contributed by atoms with Gasteiger partial charge in [0.2, 0.25) is 0 Å². The van der Waals surface area contributed by atoms with Crippen LogP contribution in [0.5, 0.6) is 0 Å². The molecule has 0 aliphatic carbocycles. The van der Waals surface area contributed by atoms with Crippen molar-refractivity contribution in [3.05, 3.63) is 0 Å². The first-order valence-corrected chi connectivity index (χ1v) is 5.39. The van der Waals surface area contributed by atoms with E-state index in [4.69, 9.17) is 5.11 Å². The van der Waals surface area contributed by atoms with E-state index in [1.807, 2.05) is 0 Å². The molecule has 3 nitrogen and oxygen atoms in total. The third-order valence-electron chi connectivity index (χ3n) is 2.30. The van der Waals surface area contributed by atoms with Gasteiger partial charge in [-0.3, -0.25) is 4.99 Å². The Bertz CT molecular complexity index is 199. The highest BCUT2D eigenvalue weighted by Crippen LogP contribution is 2.10. The molecule has 0 spiro atoms. The third kappa shape index (κ3) is 5.73. The summed E-state index contributed by atoms with van der Waals surface area (Å²) >= 11 is 0. The van der Waals surface area contributed by atoms with E-state index in [1.54, 1.807) is 6.92 Å². The maximum atomic E-state index is 10.5. The number of nitrogens with zero attached hydrogens (tertiary/aromatic N) is 1. The largest absolute Gasteiger partial charge is 0.477 e. The van der Waals surface area contributed by atoms with Crippen LogP contribution in [0.2, 0.25) is 0 Å². The van der Waals surface area contributed by atoms with E-state index in [0.29, 0.717) is 0 Å². The monoisotopic (exact) mass is 199 g/mol. The van der Waals surface area contributed by atoms with Crippen molar-refractivity contribution >= 4 is 11.7 Å². The molecule has 0 heterocycles. The number of unbranched alkanes of at least 4 members (excludes halogenated alkanes) is 2. The standard InChI is InChI=1S/C11H21NO2/c1-4-6-7-8-10(5-2)12-9(3)11(13)14/h10H,4-8H2,1-3H3,(H,13,14). The van der Waals surface area contributed by atoms with Gasteiger partial charge in [-0.15, -0.1) is 0 Å². The molecule has 0 radical (unpaired) electrons. The summed E-state index contributed by atoms with van der Waals surface area (Å²) in [5, 5.41) is 8.67. The first kappa shape index (κ1) is 13.1. The Morgan fingerprint density at radius 1 is 1.36 bits per heavy atom. The molecule has 3 heteroatoms. The van der Waals surface area contributed by atoms with Crippen LogP contribution in [0.4, 0.5) is 0 Å².